The maximum Gasteiger partial charge on any atom is 0.339 e. The first kappa shape index (κ1) is 22.1. The molecule has 0 radical (unpaired) electrons. The number of benzene rings is 2. The fraction of sp³-hybridized carbons (Fsp3) is 0.292. The van der Waals surface area contributed by atoms with Gasteiger partial charge in [-0.25, -0.2) is 4.79 Å². The third-order valence-corrected chi connectivity index (χ3v) is 5.13. The highest BCUT2D eigenvalue weighted by Gasteiger charge is 2.20. The Bertz CT molecular complexity index is 1160. The molecule has 7 heteroatoms. The van der Waals surface area contributed by atoms with Crippen molar-refractivity contribution in [1.82, 2.24) is 0 Å². The Morgan fingerprint density at radius 1 is 1.00 bits per heavy atom. The first-order valence-electron chi connectivity index (χ1n) is 9.82. The van der Waals surface area contributed by atoms with Gasteiger partial charge in [-0.15, -0.1) is 0 Å². The van der Waals surface area contributed by atoms with Crippen LogP contribution in [0.15, 0.2) is 51.7 Å². The largest absolute Gasteiger partial charge is 0.497 e. The van der Waals surface area contributed by atoms with Gasteiger partial charge >= 0.3 is 11.6 Å². The zero-order valence-corrected chi connectivity index (χ0v) is 17.9. The molecule has 0 amide bonds. The molecule has 3 rings (SSSR count). The number of aryl methyl sites for hydroxylation is 1. The molecule has 31 heavy (non-hydrogen) atoms. The van der Waals surface area contributed by atoms with Crippen LogP contribution in [0.1, 0.15) is 34.8 Å². The number of hydrogen-bond acceptors (Lipinski definition) is 7. The van der Waals surface area contributed by atoms with Gasteiger partial charge in [0.1, 0.15) is 17.1 Å². The van der Waals surface area contributed by atoms with Crippen LogP contribution in [-0.2, 0) is 16.0 Å². The predicted molar refractivity (Wildman–Crippen MR) is 115 cm³/mol. The lowest BCUT2D eigenvalue weighted by molar-refractivity contribution is -0.146. The number of rotatable bonds is 8. The van der Waals surface area contributed by atoms with Crippen LogP contribution in [0.3, 0.4) is 0 Å². The van der Waals surface area contributed by atoms with Crippen LogP contribution in [0, 0.1) is 6.92 Å². The van der Waals surface area contributed by atoms with Crippen LogP contribution in [0.25, 0.3) is 11.0 Å². The Morgan fingerprint density at radius 3 is 2.29 bits per heavy atom. The summed E-state index contributed by atoms with van der Waals surface area (Å²) < 4.78 is 20.9. The molecule has 0 aliphatic carbocycles. The van der Waals surface area contributed by atoms with Crippen LogP contribution < -0.4 is 15.1 Å². The quantitative estimate of drug-likeness (QED) is 0.308. The Kier molecular flexibility index (Phi) is 6.74. The highest BCUT2D eigenvalue weighted by molar-refractivity contribution is 6.00. The maximum absolute atomic E-state index is 12.5. The number of ketones is 1. The molecule has 1 aromatic heterocycles. The summed E-state index contributed by atoms with van der Waals surface area (Å²) in [5.41, 5.74) is 1.48. The molecule has 0 unspecified atom stereocenters. The smallest absolute Gasteiger partial charge is 0.339 e. The lowest BCUT2D eigenvalue weighted by Gasteiger charge is -2.13. The third kappa shape index (κ3) is 4.94. The van der Waals surface area contributed by atoms with E-state index in [0.29, 0.717) is 28.2 Å². The van der Waals surface area contributed by atoms with Gasteiger partial charge in [0, 0.05) is 29.0 Å². The zero-order chi connectivity index (χ0) is 22.5. The number of esters is 1. The van der Waals surface area contributed by atoms with Crippen molar-refractivity contribution in [3.8, 4) is 11.5 Å². The van der Waals surface area contributed by atoms with E-state index in [9.17, 15) is 14.4 Å². The summed E-state index contributed by atoms with van der Waals surface area (Å²) in [6, 6.07) is 11.8. The fourth-order valence-corrected chi connectivity index (χ4v) is 3.32. The van der Waals surface area contributed by atoms with E-state index in [1.165, 1.54) is 21.1 Å². The minimum atomic E-state index is -0.942. The van der Waals surface area contributed by atoms with Crippen molar-refractivity contribution >= 4 is 22.7 Å². The molecular formula is C24H24O7. The van der Waals surface area contributed by atoms with E-state index in [2.05, 4.69) is 0 Å². The van der Waals surface area contributed by atoms with Gasteiger partial charge in [-0.3, -0.25) is 9.59 Å². The molecule has 7 nitrogen and oxygen atoms in total. The molecule has 0 N–H and O–H groups in total. The number of hydrogen-bond donors (Lipinski definition) is 0. The number of carbonyl (C=O) groups is 2. The van der Waals surface area contributed by atoms with Crippen LogP contribution in [0.5, 0.6) is 11.5 Å². The van der Waals surface area contributed by atoms with Crippen LogP contribution in [0.2, 0.25) is 0 Å². The van der Waals surface area contributed by atoms with E-state index < -0.39 is 17.7 Å². The third-order valence-electron chi connectivity index (χ3n) is 5.13. The molecule has 0 aliphatic heterocycles. The van der Waals surface area contributed by atoms with Crippen molar-refractivity contribution < 1.29 is 28.2 Å². The van der Waals surface area contributed by atoms with Crippen molar-refractivity contribution in [2.24, 2.45) is 0 Å². The lowest BCUT2D eigenvalue weighted by Crippen LogP contribution is -2.25. The van der Waals surface area contributed by atoms with E-state index >= 15 is 0 Å². The number of carbonyl (C=O) groups excluding carboxylic acids is 2. The first-order chi connectivity index (χ1) is 14.8. The van der Waals surface area contributed by atoms with Gasteiger partial charge in [0.2, 0.25) is 5.78 Å². The molecule has 0 fully saturated rings. The number of ether oxygens (including phenoxy) is 3. The molecule has 3 aromatic rings. The number of methoxy groups -OCH3 is 2. The second-order valence-corrected chi connectivity index (χ2v) is 7.08. The number of fused-ring (bicyclic) bond motifs is 1. The van der Waals surface area contributed by atoms with Gasteiger partial charge in [0.25, 0.3) is 0 Å². The van der Waals surface area contributed by atoms with Gasteiger partial charge in [0.15, 0.2) is 6.10 Å². The van der Waals surface area contributed by atoms with Gasteiger partial charge < -0.3 is 18.6 Å². The normalized spacial score (nSPS) is 11.7. The number of Topliss-reactive ketones (excluding diaryl/α,β-unsaturated/α-hetero) is 1. The van der Waals surface area contributed by atoms with Crippen LogP contribution in [0.4, 0.5) is 0 Å². The molecule has 0 saturated heterocycles. The first-order valence-corrected chi connectivity index (χ1v) is 9.82. The zero-order valence-electron chi connectivity index (χ0n) is 17.9. The summed E-state index contributed by atoms with van der Waals surface area (Å²) >= 11 is 0. The summed E-state index contributed by atoms with van der Waals surface area (Å²) in [4.78, 5) is 37.2. The van der Waals surface area contributed by atoms with Crippen molar-refractivity contribution in [3.63, 3.8) is 0 Å². The van der Waals surface area contributed by atoms with Crippen LogP contribution in [-0.4, -0.2) is 32.1 Å². The average Bonchev–Trinajstić information content (AvgIpc) is 2.77. The van der Waals surface area contributed by atoms with Crippen molar-refractivity contribution in [2.75, 3.05) is 14.2 Å². The average molecular weight is 424 g/mol. The summed E-state index contributed by atoms with van der Waals surface area (Å²) in [6.45, 7) is 3.33. The lowest BCUT2D eigenvalue weighted by atomic mass is 10.0. The second kappa shape index (κ2) is 9.47. The van der Waals surface area contributed by atoms with E-state index in [4.69, 9.17) is 18.6 Å². The standard InChI is InChI=1S/C24H24O7/c1-14-19-10-9-18(29-4)13-21(19)31-24(27)20(14)11-12-22(25)30-15(2)23(26)16-5-7-17(28-3)8-6-16/h5-10,13,15H,11-12H2,1-4H3/t15-/m1/s1. The van der Waals surface area contributed by atoms with Gasteiger partial charge in [-0.05, 0) is 62.2 Å². The molecule has 0 saturated carbocycles. The van der Waals surface area contributed by atoms with Gasteiger partial charge in [-0.2, -0.15) is 0 Å². The molecule has 1 heterocycles. The Hall–Kier alpha value is -3.61. The monoisotopic (exact) mass is 424 g/mol. The topological polar surface area (TPSA) is 92.0 Å². The maximum atomic E-state index is 12.5. The van der Waals surface area contributed by atoms with E-state index in [1.807, 2.05) is 13.0 Å². The second-order valence-electron chi connectivity index (χ2n) is 7.08. The molecule has 1 atom stereocenters. The van der Waals surface area contributed by atoms with Crippen LogP contribution >= 0.6 is 0 Å². The fourth-order valence-electron chi connectivity index (χ4n) is 3.32. The molecule has 2 aromatic carbocycles. The summed E-state index contributed by atoms with van der Waals surface area (Å²) in [7, 11) is 3.07. The summed E-state index contributed by atoms with van der Waals surface area (Å²) in [5, 5.41) is 0.770. The molecule has 0 bridgehead atoms. The molecule has 162 valence electrons. The Morgan fingerprint density at radius 2 is 1.65 bits per heavy atom. The molecular weight excluding hydrogens is 400 g/mol. The molecule has 0 aliphatic rings. The van der Waals surface area contributed by atoms with E-state index in [1.54, 1.807) is 36.4 Å². The van der Waals surface area contributed by atoms with Crippen molar-refractivity contribution in [3.05, 3.63) is 69.6 Å². The highest BCUT2D eigenvalue weighted by Crippen LogP contribution is 2.24. The Labute approximate surface area is 179 Å². The minimum Gasteiger partial charge on any atom is -0.497 e. The van der Waals surface area contributed by atoms with E-state index in [-0.39, 0.29) is 18.6 Å². The molecule has 0 spiro atoms. The predicted octanol–water partition coefficient (Wildman–Crippen LogP) is 3.87. The van der Waals surface area contributed by atoms with E-state index in [0.717, 1.165) is 10.9 Å². The SMILES string of the molecule is COc1ccc(C(=O)[C@@H](C)OC(=O)CCc2c(C)c3ccc(OC)cc3oc2=O)cc1. The Balaban J connectivity index is 1.66. The van der Waals surface area contributed by atoms with Crippen molar-refractivity contribution in [1.29, 1.82) is 0 Å². The highest BCUT2D eigenvalue weighted by atomic mass is 16.5. The van der Waals surface area contributed by atoms with Crippen molar-refractivity contribution in [2.45, 2.75) is 32.8 Å². The van der Waals surface area contributed by atoms with Gasteiger partial charge in [-0.1, -0.05) is 0 Å². The van der Waals surface area contributed by atoms with Gasteiger partial charge in [0.05, 0.1) is 14.2 Å². The summed E-state index contributed by atoms with van der Waals surface area (Å²) in [6.07, 6.45) is -0.839. The minimum absolute atomic E-state index is 0.0481. The summed E-state index contributed by atoms with van der Waals surface area (Å²) in [5.74, 6) is 0.334.